The van der Waals surface area contributed by atoms with Gasteiger partial charge in [0.15, 0.2) is 0 Å². The molecule has 5 nitrogen and oxygen atoms in total. The van der Waals surface area contributed by atoms with Crippen LogP contribution in [0.3, 0.4) is 0 Å². The van der Waals surface area contributed by atoms with Gasteiger partial charge in [0, 0.05) is 22.7 Å². The van der Waals surface area contributed by atoms with E-state index < -0.39 is 0 Å². The molecule has 0 amide bonds. The van der Waals surface area contributed by atoms with Gasteiger partial charge < -0.3 is 14.8 Å². The van der Waals surface area contributed by atoms with E-state index >= 15 is 0 Å². The summed E-state index contributed by atoms with van der Waals surface area (Å²) in [6.07, 6.45) is 1.73. The number of hydrogen-bond acceptors (Lipinski definition) is 5. The highest BCUT2D eigenvalue weighted by Crippen LogP contribution is 2.35. The normalized spacial score (nSPS) is 10.5. The summed E-state index contributed by atoms with van der Waals surface area (Å²) in [5, 5.41) is 5.23. The number of benzene rings is 2. The molecule has 0 aliphatic rings. The average molecular weight is 387 g/mol. The fraction of sp³-hybridized carbons (Fsp3) is 0.111. The minimum absolute atomic E-state index is 0.360. The van der Waals surface area contributed by atoms with Crippen molar-refractivity contribution in [1.82, 2.24) is 4.98 Å². The van der Waals surface area contributed by atoms with Gasteiger partial charge in [-0.1, -0.05) is 0 Å². The molecule has 1 N–H and O–H groups in total. The van der Waals surface area contributed by atoms with E-state index in [9.17, 15) is 4.79 Å². The molecular formula is C18H15BrN2O3. The third-order valence-corrected chi connectivity index (χ3v) is 4.45. The number of anilines is 2. The Kier molecular flexibility index (Phi) is 4.66. The summed E-state index contributed by atoms with van der Waals surface area (Å²) in [5.74, 6) is 1.13. The molecule has 1 aromatic heterocycles. The first-order valence-electron chi connectivity index (χ1n) is 7.20. The SMILES string of the molecule is COC(=O)c1ccc(Nc2nccc3c(Br)c(OC)ccc23)cc1. The third-order valence-electron chi connectivity index (χ3n) is 3.63. The number of rotatable bonds is 4. The van der Waals surface area contributed by atoms with Gasteiger partial charge in [-0.2, -0.15) is 0 Å². The summed E-state index contributed by atoms with van der Waals surface area (Å²) in [7, 11) is 3.00. The van der Waals surface area contributed by atoms with Gasteiger partial charge in [0.25, 0.3) is 0 Å². The van der Waals surface area contributed by atoms with Crippen LogP contribution in [0.15, 0.2) is 53.1 Å². The Hall–Kier alpha value is -2.60. The molecule has 0 radical (unpaired) electrons. The van der Waals surface area contributed by atoms with Crippen LogP contribution in [0.5, 0.6) is 5.75 Å². The molecule has 122 valence electrons. The van der Waals surface area contributed by atoms with Crippen LogP contribution in [0.1, 0.15) is 10.4 Å². The minimum Gasteiger partial charge on any atom is -0.496 e. The van der Waals surface area contributed by atoms with Gasteiger partial charge in [0.2, 0.25) is 0 Å². The van der Waals surface area contributed by atoms with E-state index in [0.717, 1.165) is 32.5 Å². The predicted octanol–water partition coefficient (Wildman–Crippen LogP) is 4.54. The van der Waals surface area contributed by atoms with E-state index in [-0.39, 0.29) is 5.97 Å². The number of nitrogens with one attached hydrogen (secondary N) is 1. The van der Waals surface area contributed by atoms with Crippen LogP contribution in [-0.2, 0) is 4.74 Å². The molecule has 0 bridgehead atoms. The summed E-state index contributed by atoms with van der Waals surface area (Å²) < 4.78 is 10.9. The molecule has 0 spiro atoms. The molecule has 0 saturated heterocycles. The zero-order chi connectivity index (χ0) is 17.1. The number of pyridine rings is 1. The van der Waals surface area contributed by atoms with Crippen LogP contribution in [-0.4, -0.2) is 25.2 Å². The predicted molar refractivity (Wildman–Crippen MR) is 97.1 cm³/mol. The quantitative estimate of drug-likeness (QED) is 0.667. The summed E-state index contributed by atoms with van der Waals surface area (Å²) in [6, 6.07) is 12.8. The van der Waals surface area contributed by atoms with Crippen molar-refractivity contribution in [1.29, 1.82) is 0 Å². The van der Waals surface area contributed by atoms with Gasteiger partial charge in [-0.3, -0.25) is 0 Å². The Balaban J connectivity index is 1.95. The number of ether oxygens (including phenoxy) is 2. The Morgan fingerprint density at radius 2 is 1.79 bits per heavy atom. The van der Waals surface area contributed by atoms with Crippen molar-refractivity contribution in [2.45, 2.75) is 0 Å². The number of carbonyl (C=O) groups excluding carboxylic acids is 1. The molecule has 24 heavy (non-hydrogen) atoms. The highest BCUT2D eigenvalue weighted by Gasteiger charge is 2.10. The maximum absolute atomic E-state index is 11.5. The van der Waals surface area contributed by atoms with Crippen LogP contribution < -0.4 is 10.1 Å². The smallest absolute Gasteiger partial charge is 0.337 e. The number of aromatic nitrogens is 1. The van der Waals surface area contributed by atoms with Gasteiger partial charge in [-0.05, 0) is 58.4 Å². The van der Waals surface area contributed by atoms with Gasteiger partial charge in [-0.25, -0.2) is 9.78 Å². The number of halogens is 1. The molecule has 3 aromatic rings. The van der Waals surface area contributed by atoms with E-state index in [1.807, 2.05) is 30.3 Å². The Morgan fingerprint density at radius 3 is 2.46 bits per heavy atom. The van der Waals surface area contributed by atoms with Crippen molar-refractivity contribution < 1.29 is 14.3 Å². The van der Waals surface area contributed by atoms with Crippen LogP contribution in [0.2, 0.25) is 0 Å². The van der Waals surface area contributed by atoms with Gasteiger partial charge >= 0.3 is 5.97 Å². The third kappa shape index (κ3) is 3.05. The largest absolute Gasteiger partial charge is 0.496 e. The first kappa shape index (κ1) is 16.3. The molecular weight excluding hydrogens is 372 g/mol. The number of carbonyl (C=O) groups is 1. The number of hydrogen-bond donors (Lipinski definition) is 1. The van der Waals surface area contributed by atoms with Gasteiger partial charge in [0.1, 0.15) is 11.6 Å². The fourth-order valence-electron chi connectivity index (χ4n) is 2.40. The number of methoxy groups -OCH3 is 2. The molecule has 0 fully saturated rings. The topological polar surface area (TPSA) is 60.5 Å². The molecule has 1 heterocycles. The van der Waals surface area contributed by atoms with E-state index in [1.165, 1.54) is 7.11 Å². The lowest BCUT2D eigenvalue weighted by Crippen LogP contribution is -2.01. The van der Waals surface area contributed by atoms with E-state index in [2.05, 4.69) is 26.2 Å². The average Bonchev–Trinajstić information content (AvgIpc) is 2.62. The molecule has 0 unspecified atom stereocenters. The molecule has 0 aliphatic carbocycles. The maximum atomic E-state index is 11.5. The summed E-state index contributed by atoms with van der Waals surface area (Å²) in [6.45, 7) is 0. The Bertz CT molecular complexity index is 895. The highest BCUT2D eigenvalue weighted by atomic mass is 79.9. The molecule has 0 atom stereocenters. The number of esters is 1. The minimum atomic E-state index is -0.360. The number of fused-ring (bicyclic) bond motifs is 1. The fourth-order valence-corrected chi connectivity index (χ4v) is 3.04. The van der Waals surface area contributed by atoms with Crippen LogP contribution in [0, 0.1) is 0 Å². The molecule has 0 saturated carbocycles. The second-order valence-electron chi connectivity index (χ2n) is 5.03. The monoisotopic (exact) mass is 386 g/mol. The second kappa shape index (κ2) is 6.88. The van der Waals surface area contributed by atoms with Gasteiger partial charge in [-0.15, -0.1) is 0 Å². The van der Waals surface area contributed by atoms with Crippen LogP contribution in [0.25, 0.3) is 10.8 Å². The molecule has 0 aliphatic heterocycles. The molecule has 6 heteroatoms. The Labute approximate surface area is 147 Å². The van der Waals surface area contributed by atoms with Crippen LogP contribution >= 0.6 is 15.9 Å². The lowest BCUT2D eigenvalue weighted by atomic mass is 10.1. The van der Waals surface area contributed by atoms with Gasteiger partial charge in [0.05, 0.1) is 24.3 Å². The summed E-state index contributed by atoms with van der Waals surface area (Å²) >= 11 is 3.56. The lowest BCUT2D eigenvalue weighted by molar-refractivity contribution is 0.0601. The maximum Gasteiger partial charge on any atom is 0.337 e. The first-order valence-corrected chi connectivity index (χ1v) is 8.00. The zero-order valence-corrected chi connectivity index (χ0v) is 14.8. The van der Waals surface area contributed by atoms with E-state index in [0.29, 0.717) is 5.56 Å². The van der Waals surface area contributed by atoms with Crippen molar-refractivity contribution in [2.75, 3.05) is 19.5 Å². The standard InChI is InChI=1S/C18H15BrN2O3/c1-23-15-8-7-14-13(16(15)19)9-10-20-17(14)21-12-5-3-11(4-6-12)18(22)24-2/h3-10H,1-2H3,(H,20,21). The molecule has 3 rings (SSSR count). The van der Waals surface area contributed by atoms with Crippen molar-refractivity contribution in [2.24, 2.45) is 0 Å². The number of nitrogens with zero attached hydrogens (tertiary/aromatic N) is 1. The second-order valence-corrected chi connectivity index (χ2v) is 5.82. The van der Waals surface area contributed by atoms with Crippen molar-refractivity contribution in [3.63, 3.8) is 0 Å². The van der Waals surface area contributed by atoms with Crippen molar-refractivity contribution >= 4 is 44.2 Å². The van der Waals surface area contributed by atoms with E-state index in [1.54, 1.807) is 25.4 Å². The van der Waals surface area contributed by atoms with E-state index in [4.69, 9.17) is 9.47 Å². The highest BCUT2D eigenvalue weighted by molar-refractivity contribution is 9.10. The van der Waals surface area contributed by atoms with Crippen molar-refractivity contribution in [3.05, 3.63) is 58.7 Å². The Morgan fingerprint density at radius 1 is 1.04 bits per heavy atom. The summed E-state index contributed by atoms with van der Waals surface area (Å²) in [4.78, 5) is 15.9. The lowest BCUT2D eigenvalue weighted by Gasteiger charge is -2.12. The first-order chi connectivity index (χ1) is 11.6. The van der Waals surface area contributed by atoms with Crippen LogP contribution in [0.4, 0.5) is 11.5 Å². The van der Waals surface area contributed by atoms with Crippen molar-refractivity contribution in [3.8, 4) is 5.75 Å². The molecule has 2 aromatic carbocycles. The summed E-state index contributed by atoms with van der Waals surface area (Å²) in [5.41, 5.74) is 1.33. The zero-order valence-electron chi connectivity index (χ0n) is 13.2.